The minimum absolute atomic E-state index is 0. The van der Waals surface area contributed by atoms with E-state index in [2.05, 4.69) is 31.0 Å². The summed E-state index contributed by atoms with van der Waals surface area (Å²) in [6.45, 7) is 8.51. The van der Waals surface area contributed by atoms with Gasteiger partial charge in [-0.15, -0.1) is 12.4 Å². The first-order chi connectivity index (χ1) is 9.26. The van der Waals surface area contributed by atoms with Crippen molar-refractivity contribution in [1.29, 1.82) is 0 Å². The minimum atomic E-state index is 0. The van der Waals surface area contributed by atoms with Gasteiger partial charge in [-0.1, -0.05) is 13.3 Å². The molecule has 0 bridgehead atoms. The second kappa shape index (κ2) is 8.15. The number of ether oxygens (including phenoxy) is 2. The van der Waals surface area contributed by atoms with Crippen molar-refractivity contribution in [1.82, 2.24) is 0 Å². The standard InChI is InChI=1S/C16H23NO2.ClH/c1-4-6-9-19-16-11-14-12(3)17-8-7-13(14)10-15(16)18-5-2;/h10-11H,4-9H2,1-3H3;1H. The Hall–Kier alpha value is -1.22. The van der Waals surface area contributed by atoms with Crippen LogP contribution in [-0.4, -0.2) is 25.5 Å². The molecule has 0 N–H and O–H groups in total. The highest BCUT2D eigenvalue weighted by Crippen LogP contribution is 2.33. The molecule has 1 aromatic carbocycles. The van der Waals surface area contributed by atoms with Crippen LogP contribution in [0.15, 0.2) is 17.1 Å². The summed E-state index contributed by atoms with van der Waals surface area (Å²) in [5.74, 6) is 1.72. The van der Waals surface area contributed by atoms with Crippen LogP contribution < -0.4 is 9.47 Å². The van der Waals surface area contributed by atoms with Crippen molar-refractivity contribution >= 4 is 18.1 Å². The van der Waals surface area contributed by atoms with Crippen LogP contribution in [-0.2, 0) is 6.42 Å². The topological polar surface area (TPSA) is 30.8 Å². The van der Waals surface area contributed by atoms with Gasteiger partial charge in [0.1, 0.15) is 0 Å². The summed E-state index contributed by atoms with van der Waals surface area (Å²) in [6.07, 6.45) is 3.19. The molecule has 0 aliphatic carbocycles. The maximum Gasteiger partial charge on any atom is 0.161 e. The van der Waals surface area contributed by atoms with Gasteiger partial charge in [0.15, 0.2) is 11.5 Å². The van der Waals surface area contributed by atoms with E-state index < -0.39 is 0 Å². The van der Waals surface area contributed by atoms with Gasteiger partial charge in [-0.2, -0.15) is 0 Å². The monoisotopic (exact) mass is 297 g/mol. The first kappa shape index (κ1) is 16.8. The maximum atomic E-state index is 5.86. The molecule has 112 valence electrons. The van der Waals surface area contributed by atoms with Gasteiger partial charge >= 0.3 is 0 Å². The molecule has 1 aromatic rings. The van der Waals surface area contributed by atoms with Crippen LogP contribution in [0.1, 0.15) is 44.7 Å². The van der Waals surface area contributed by atoms with Crippen LogP contribution in [0, 0.1) is 0 Å². The van der Waals surface area contributed by atoms with Crippen molar-refractivity contribution in [2.75, 3.05) is 19.8 Å². The Balaban J connectivity index is 0.00000200. The zero-order valence-electron chi connectivity index (χ0n) is 12.6. The number of hydrogen-bond donors (Lipinski definition) is 0. The Morgan fingerprint density at radius 3 is 2.60 bits per heavy atom. The van der Waals surface area contributed by atoms with E-state index in [4.69, 9.17) is 9.47 Å². The second-order valence-corrected chi connectivity index (χ2v) is 4.81. The number of benzene rings is 1. The van der Waals surface area contributed by atoms with Crippen LogP contribution in [0.2, 0.25) is 0 Å². The van der Waals surface area contributed by atoms with Crippen LogP contribution in [0.5, 0.6) is 11.5 Å². The quantitative estimate of drug-likeness (QED) is 0.742. The van der Waals surface area contributed by atoms with Gasteiger partial charge in [0.05, 0.1) is 13.2 Å². The van der Waals surface area contributed by atoms with Crippen molar-refractivity contribution in [3.63, 3.8) is 0 Å². The molecule has 0 fully saturated rings. The van der Waals surface area contributed by atoms with Gasteiger partial charge in [0.2, 0.25) is 0 Å². The fourth-order valence-electron chi connectivity index (χ4n) is 2.28. The fraction of sp³-hybridized carbons (Fsp3) is 0.562. The van der Waals surface area contributed by atoms with E-state index in [-0.39, 0.29) is 12.4 Å². The first-order valence-electron chi connectivity index (χ1n) is 7.20. The third-order valence-corrected chi connectivity index (χ3v) is 3.34. The van der Waals surface area contributed by atoms with Crippen LogP contribution in [0.25, 0.3) is 0 Å². The molecule has 0 spiro atoms. The minimum Gasteiger partial charge on any atom is -0.490 e. The molecule has 3 nitrogen and oxygen atoms in total. The Labute approximate surface area is 127 Å². The molecular formula is C16H24ClNO2. The SMILES string of the molecule is CCCCOc1cc2c(cc1OCC)CCN=C2C.Cl. The maximum absolute atomic E-state index is 5.86. The van der Waals surface area contributed by atoms with E-state index in [9.17, 15) is 0 Å². The van der Waals surface area contributed by atoms with E-state index in [0.717, 1.165) is 49.6 Å². The van der Waals surface area contributed by atoms with Crippen molar-refractivity contribution in [3.8, 4) is 11.5 Å². The molecule has 0 saturated heterocycles. The highest BCUT2D eigenvalue weighted by atomic mass is 35.5. The lowest BCUT2D eigenvalue weighted by molar-refractivity contribution is 0.272. The van der Waals surface area contributed by atoms with Gasteiger partial charge < -0.3 is 9.47 Å². The summed E-state index contributed by atoms with van der Waals surface area (Å²) in [6, 6.07) is 4.21. The number of rotatable bonds is 6. The Bertz CT molecular complexity index is 472. The number of fused-ring (bicyclic) bond motifs is 1. The molecule has 0 unspecified atom stereocenters. The summed E-state index contributed by atoms with van der Waals surface area (Å²) in [7, 11) is 0. The van der Waals surface area contributed by atoms with Crippen LogP contribution in [0.3, 0.4) is 0 Å². The average Bonchev–Trinajstić information content (AvgIpc) is 2.41. The summed E-state index contributed by atoms with van der Waals surface area (Å²) < 4.78 is 11.6. The summed E-state index contributed by atoms with van der Waals surface area (Å²) >= 11 is 0. The summed E-state index contributed by atoms with van der Waals surface area (Å²) in [5.41, 5.74) is 3.63. The highest BCUT2D eigenvalue weighted by molar-refractivity contribution is 6.01. The van der Waals surface area contributed by atoms with Gasteiger partial charge in [0, 0.05) is 17.8 Å². The molecular weight excluding hydrogens is 274 g/mol. The zero-order valence-corrected chi connectivity index (χ0v) is 13.4. The molecule has 20 heavy (non-hydrogen) atoms. The van der Waals surface area contributed by atoms with Crippen LogP contribution in [0.4, 0.5) is 0 Å². The molecule has 1 aliphatic heterocycles. The molecule has 0 amide bonds. The number of aliphatic imine (C=N–C) groups is 1. The summed E-state index contributed by atoms with van der Waals surface area (Å²) in [5, 5.41) is 0. The zero-order chi connectivity index (χ0) is 13.7. The van der Waals surface area contributed by atoms with E-state index in [1.807, 2.05) is 6.92 Å². The summed E-state index contributed by atoms with van der Waals surface area (Å²) in [4.78, 5) is 4.50. The number of halogens is 1. The van der Waals surface area contributed by atoms with Gasteiger partial charge in [-0.05, 0) is 44.4 Å². The molecule has 4 heteroatoms. The van der Waals surface area contributed by atoms with E-state index in [1.165, 1.54) is 11.1 Å². The van der Waals surface area contributed by atoms with Gasteiger partial charge in [-0.3, -0.25) is 4.99 Å². The Morgan fingerprint density at radius 1 is 1.15 bits per heavy atom. The highest BCUT2D eigenvalue weighted by Gasteiger charge is 2.16. The van der Waals surface area contributed by atoms with E-state index in [1.54, 1.807) is 0 Å². The third-order valence-electron chi connectivity index (χ3n) is 3.34. The molecule has 0 atom stereocenters. The second-order valence-electron chi connectivity index (χ2n) is 4.81. The van der Waals surface area contributed by atoms with E-state index in [0.29, 0.717) is 6.61 Å². The van der Waals surface area contributed by atoms with Crippen molar-refractivity contribution in [3.05, 3.63) is 23.3 Å². The fourth-order valence-corrected chi connectivity index (χ4v) is 2.28. The Kier molecular flexibility index (Phi) is 6.86. The lowest BCUT2D eigenvalue weighted by atomic mass is 9.97. The molecule has 1 aliphatic rings. The molecule has 0 saturated carbocycles. The first-order valence-corrected chi connectivity index (χ1v) is 7.20. The lowest BCUT2D eigenvalue weighted by Gasteiger charge is -2.19. The third kappa shape index (κ3) is 3.89. The smallest absolute Gasteiger partial charge is 0.161 e. The lowest BCUT2D eigenvalue weighted by Crippen LogP contribution is -2.11. The molecule has 2 rings (SSSR count). The average molecular weight is 298 g/mol. The number of hydrogen-bond acceptors (Lipinski definition) is 3. The van der Waals surface area contributed by atoms with Crippen molar-refractivity contribution < 1.29 is 9.47 Å². The van der Waals surface area contributed by atoms with Crippen molar-refractivity contribution in [2.45, 2.75) is 40.0 Å². The van der Waals surface area contributed by atoms with Gasteiger partial charge in [0.25, 0.3) is 0 Å². The largest absolute Gasteiger partial charge is 0.490 e. The number of nitrogens with zero attached hydrogens (tertiary/aromatic N) is 1. The van der Waals surface area contributed by atoms with Crippen molar-refractivity contribution in [2.24, 2.45) is 4.99 Å². The predicted molar refractivity (Wildman–Crippen MR) is 86.0 cm³/mol. The molecule has 0 radical (unpaired) electrons. The number of unbranched alkanes of at least 4 members (excludes halogenated alkanes) is 1. The molecule has 0 aromatic heterocycles. The molecule has 1 heterocycles. The normalized spacial score (nSPS) is 13.1. The van der Waals surface area contributed by atoms with Crippen LogP contribution >= 0.6 is 12.4 Å². The predicted octanol–water partition coefficient (Wildman–Crippen LogP) is 4.05. The van der Waals surface area contributed by atoms with E-state index >= 15 is 0 Å². The Morgan fingerprint density at radius 2 is 1.90 bits per heavy atom. The van der Waals surface area contributed by atoms with Gasteiger partial charge in [-0.25, -0.2) is 0 Å².